The van der Waals surface area contributed by atoms with Gasteiger partial charge in [-0.15, -0.1) is 0 Å². The van der Waals surface area contributed by atoms with Gasteiger partial charge in [0.05, 0.1) is 0 Å². The van der Waals surface area contributed by atoms with Crippen molar-refractivity contribution in [3.63, 3.8) is 0 Å². The van der Waals surface area contributed by atoms with Crippen molar-refractivity contribution >= 4 is 11.7 Å². The Morgan fingerprint density at radius 1 is 1.38 bits per heavy atom. The van der Waals surface area contributed by atoms with Crippen LogP contribution in [0.3, 0.4) is 0 Å². The number of carboxylic acids is 1. The number of nitrogens with one attached hydrogen (secondary N) is 1. The Morgan fingerprint density at radius 2 is 2.00 bits per heavy atom. The lowest BCUT2D eigenvalue weighted by molar-refractivity contribution is -0.132. The number of hydrogen-bond acceptors (Lipinski definition) is 2. The normalized spacial score (nSPS) is 11.0. The van der Waals surface area contributed by atoms with Crippen molar-refractivity contribution < 1.29 is 9.90 Å². The maximum absolute atomic E-state index is 10.6. The molecule has 0 aromatic heterocycles. The zero-order chi connectivity index (χ0) is 9.68. The summed E-state index contributed by atoms with van der Waals surface area (Å²) in [6, 6.07) is 9.19. The van der Waals surface area contributed by atoms with E-state index in [-0.39, 0.29) is 5.70 Å². The van der Waals surface area contributed by atoms with Gasteiger partial charge in [0.15, 0.2) is 0 Å². The third-order valence-corrected chi connectivity index (χ3v) is 1.57. The molecule has 0 aliphatic heterocycles. The maximum atomic E-state index is 10.6. The largest absolute Gasteiger partial charge is 0.477 e. The van der Waals surface area contributed by atoms with Gasteiger partial charge in [-0.3, -0.25) is 0 Å². The SMILES string of the molecule is C/C=C(/Nc1ccccc1)C(=O)O. The van der Waals surface area contributed by atoms with Crippen LogP contribution in [0.15, 0.2) is 42.1 Å². The third-order valence-electron chi connectivity index (χ3n) is 1.57. The molecular formula is C10H11NO2. The minimum atomic E-state index is -0.952. The first-order valence-corrected chi connectivity index (χ1v) is 3.95. The molecule has 0 spiro atoms. The number of hydrogen-bond donors (Lipinski definition) is 2. The van der Waals surface area contributed by atoms with Crippen molar-refractivity contribution in [2.24, 2.45) is 0 Å². The van der Waals surface area contributed by atoms with Gasteiger partial charge < -0.3 is 10.4 Å². The third kappa shape index (κ3) is 2.63. The Hall–Kier alpha value is -1.77. The second-order valence-corrected chi connectivity index (χ2v) is 2.50. The van der Waals surface area contributed by atoms with E-state index >= 15 is 0 Å². The Morgan fingerprint density at radius 3 is 2.46 bits per heavy atom. The molecule has 0 amide bonds. The molecule has 0 atom stereocenters. The molecule has 13 heavy (non-hydrogen) atoms. The summed E-state index contributed by atoms with van der Waals surface area (Å²) in [6.45, 7) is 1.68. The van der Waals surface area contributed by atoms with E-state index in [9.17, 15) is 4.79 Å². The average Bonchev–Trinajstić information content (AvgIpc) is 2.15. The molecule has 1 aromatic carbocycles. The van der Waals surface area contributed by atoms with Gasteiger partial charge in [-0.05, 0) is 19.1 Å². The molecule has 0 heterocycles. The van der Waals surface area contributed by atoms with Gasteiger partial charge in [-0.2, -0.15) is 0 Å². The Bertz CT molecular complexity index is 317. The first kappa shape index (κ1) is 9.32. The van der Waals surface area contributed by atoms with Crippen molar-refractivity contribution in [2.75, 3.05) is 5.32 Å². The fraction of sp³-hybridized carbons (Fsp3) is 0.100. The standard InChI is InChI=1S/C10H11NO2/c1-2-9(10(12)13)11-8-6-4-3-5-7-8/h2-7,11H,1H3,(H,12,13)/b9-2+. The number of allylic oxidation sites excluding steroid dienone is 1. The smallest absolute Gasteiger partial charge is 0.351 e. The summed E-state index contributed by atoms with van der Waals surface area (Å²) in [5.41, 5.74) is 0.962. The van der Waals surface area contributed by atoms with Crippen molar-refractivity contribution in [1.29, 1.82) is 0 Å². The number of carboxylic acid groups (broad SMARTS) is 1. The van der Waals surface area contributed by atoms with Crippen LogP contribution in [-0.4, -0.2) is 11.1 Å². The molecule has 1 rings (SSSR count). The van der Waals surface area contributed by atoms with Gasteiger partial charge in [0.1, 0.15) is 5.70 Å². The number of rotatable bonds is 3. The summed E-state index contributed by atoms with van der Waals surface area (Å²) in [7, 11) is 0. The van der Waals surface area contributed by atoms with Crippen LogP contribution < -0.4 is 5.32 Å². The number of benzene rings is 1. The van der Waals surface area contributed by atoms with Crippen LogP contribution in [0.2, 0.25) is 0 Å². The summed E-state index contributed by atoms with van der Waals surface area (Å²) in [4.78, 5) is 10.6. The molecule has 3 nitrogen and oxygen atoms in total. The van der Waals surface area contributed by atoms with E-state index < -0.39 is 5.97 Å². The first-order valence-electron chi connectivity index (χ1n) is 3.95. The molecule has 0 fully saturated rings. The molecule has 68 valence electrons. The minimum Gasteiger partial charge on any atom is -0.477 e. The molecule has 1 aromatic rings. The van der Waals surface area contributed by atoms with Crippen molar-refractivity contribution in [3.05, 3.63) is 42.1 Å². The molecule has 3 heteroatoms. The van der Waals surface area contributed by atoms with Crippen LogP contribution in [0.1, 0.15) is 6.92 Å². The second-order valence-electron chi connectivity index (χ2n) is 2.50. The van der Waals surface area contributed by atoms with Gasteiger partial charge in [-0.25, -0.2) is 4.79 Å². The van der Waals surface area contributed by atoms with Gasteiger partial charge in [0.2, 0.25) is 0 Å². The molecule has 2 N–H and O–H groups in total. The number of aliphatic carboxylic acids is 1. The Kier molecular flexibility index (Phi) is 3.09. The lowest BCUT2D eigenvalue weighted by Gasteiger charge is -2.05. The molecule has 0 aliphatic carbocycles. The van der Waals surface area contributed by atoms with Gasteiger partial charge in [0.25, 0.3) is 0 Å². The Balaban J connectivity index is 2.74. The van der Waals surface area contributed by atoms with E-state index in [1.54, 1.807) is 6.92 Å². The van der Waals surface area contributed by atoms with E-state index in [0.29, 0.717) is 0 Å². The number of para-hydroxylation sites is 1. The van der Waals surface area contributed by atoms with Gasteiger partial charge in [0, 0.05) is 5.69 Å². The van der Waals surface area contributed by atoms with E-state index in [0.717, 1.165) is 5.69 Å². The predicted octanol–water partition coefficient (Wildman–Crippen LogP) is 2.09. The van der Waals surface area contributed by atoms with Crippen LogP contribution in [0.4, 0.5) is 5.69 Å². The fourth-order valence-electron chi connectivity index (χ4n) is 0.926. The second kappa shape index (κ2) is 4.30. The van der Waals surface area contributed by atoms with Gasteiger partial charge >= 0.3 is 5.97 Å². The highest BCUT2D eigenvalue weighted by molar-refractivity contribution is 5.90. The maximum Gasteiger partial charge on any atom is 0.351 e. The van der Waals surface area contributed by atoms with Gasteiger partial charge in [-0.1, -0.05) is 24.3 Å². The summed E-state index contributed by atoms with van der Waals surface area (Å²) in [6.07, 6.45) is 1.52. The quantitative estimate of drug-likeness (QED) is 0.695. The van der Waals surface area contributed by atoms with Crippen molar-refractivity contribution in [2.45, 2.75) is 6.92 Å². The molecule has 0 radical (unpaired) electrons. The van der Waals surface area contributed by atoms with Crippen molar-refractivity contribution in [3.8, 4) is 0 Å². The molecule has 0 unspecified atom stereocenters. The van der Waals surface area contributed by atoms with Crippen LogP contribution in [0.5, 0.6) is 0 Å². The summed E-state index contributed by atoms with van der Waals surface area (Å²) >= 11 is 0. The zero-order valence-electron chi connectivity index (χ0n) is 7.32. The lowest BCUT2D eigenvalue weighted by atomic mass is 10.3. The fourth-order valence-corrected chi connectivity index (χ4v) is 0.926. The van der Waals surface area contributed by atoms with Crippen LogP contribution in [0.25, 0.3) is 0 Å². The first-order chi connectivity index (χ1) is 6.24. The highest BCUT2D eigenvalue weighted by Crippen LogP contribution is 2.08. The average molecular weight is 177 g/mol. The topological polar surface area (TPSA) is 49.3 Å². The molecule has 0 saturated heterocycles. The molecule has 0 aliphatic rings. The summed E-state index contributed by atoms with van der Waals surface area (Å²) in [5.74, 6) is -0.952. The van der Waals surface area contributed by atoms with E-state index in [2.05, 4.69) is 5.32 Å². The van der Waals surface area contributed by atoms with Crippen molar-refractivity contribution in [1.82, 2.24) is 0 Å². The molecule has 0 saturated carbocycles. The number of anilines is 1. The minimum absolute atomic E-state index is 0.186. The van der Waals surface area contributed by atoms with E-state index in [1.807, 2.05) is 30.3 Å². The number of carbonyl (C=O) groups is 1. The Labute approximate surface area is 76.7 Å². The highest BCUT2D eigenvalue weighted by Gasteiger charge is 2.04. The van der Waals surface area contributed by atoms with Crippen LogP contribution >= 0.6 is 0 Å². The summed E-state index contributed by atoms with van der Waals surface area (Å²) in [5, 5.41) is 11.5. The van der Waals surface area contributed by atoms with Crippen LogP contribution in [-0.2, 0) is 4.79 Å². The summed E-state index contributed by atoms with van der Waals surface area (Å²) < 4.78 is 0. The lowest BCUT2D eigenvalue weighted by Crippen LogP contribution is -2.09. The van der Waals surface area contributed by atoms with Crippen LogP contribution in [0, 0.1) is 0 Å². The zero-order valence-corrected chi connectivity index (χ0v) is 7.32. The molecule has 0 bridgehead atoms. The monoisotopic (exact) mass is 177 g/mol. The molecular weight excluding hydrogens is 166 g/mol. The predicted molar refractivity (Wildman–Crippen MR) is 51.5 cm³/mol. The van der Waals surface area contributed by atoms with E-state index in [4.69, 9.17) is 5.11 Å². The van der Waals surface area contributed by atoms with E-state index in [1.165, 1.54) is 6.08 Å². The highest BCUT2D eigenvalue weighted by atomic mass is 16.4.